The van der Waals surface area contributed by atoms with E-state index in [0.717, 1.165) is 39.3 Å². The van der Waals surface area contributed by atoms with Gasteiger partial charge in [0.15, 0.2) is 0 Å². The first-order chi connectivity index (χ1) is 16.0. The molecule has 184 valence electrons. The lowest BCUT2D eigenvalue weighted by atomic mass is 9.98. The molecule has 1 aromatic carbocycles. The van der Waals surface area contributed by atoms with E-state index in [1.165, 1.54) is 4.31 Å². The molecule has 0 aliphatic carbocycles. The smallest absolute Gasteiger partial charge is 0.243 e. The van der Waals surface area contributed by atoms with Crippen LogP contribution in [-0.2, 0) is 24.3 Å². The Hall–Kier alpha value is -2.01. The van der Waals surface area contributed by atoms with Gasteiger partial charge in [-0.25, -0.2) is 8.42 Å². The Kier molecular flexibility index (Phi) is 10.1. The number of rotatable bonds is 7. The zero-order valence-corrected chi connectivity index (χ0v) is 20.0. The van der Waals surface area contributed by atoms with Crippen molar-refractivity contribution in [2.24, 2.45) is 5.92 Å². The van der Waals surface area contributed by atoms with Gasteiger partial charge in [-0.3, -0.25) is 14.5 Å². The Morgan fingerprint density at radius 2 is 1.85 bits per heavy atom. The third-order valence-corrected chi connectivity index (χ3v) is 8.08. The molecule has 9 nitrogen and oxygen atoms in total. The highest BCUT2D eigenvalue weighted by Gasteiger charge is 2.27. The van der Waals surface area contributed by atoms with Crippen LogP contribution < -0.4 is 10.6 Å². The van der Waals surface area contributed by atoms with Crippen molar-refractivity contribution in [2.45, 2.75) is 37.0 Å². The van der Waals surface area contributed by atoms with Crippen LogP contribution in [0.5, 0.6) is 0 Å². The van der Waals surface area contributed by atoms with Crippen LogP contribution in [0.15, 0.2) is 35.2 Å². The molecule has 0 aromatic heterocycles. The van der Waals surface area contributed by atoms with Crippen molar-refractivity contribution in [1.82, 2.24) is 19.8 Å². The predicted molar refractivity (Wildman–Crippen MR) is 125 cm³/mol. The van der Waals surface area contributed by atoms with Crippen molar-refractivity contribution >= 4 is 21.8 Å². The summed E-state index contributed by atoms with van der Waals surface area (Å²) in [6.07, 6.45) is 2.66. The second-order valence-corrected chi connectivity index (χ2v) is 10.5. The number of amides is 2. The Balaban J connectivity index is 1.53. The standard InChI is InChI=1S/C23H36N4O5S/c28-22-10-15-27(33(30,31)21-7-2-1-3-8-21)14-4-6-20(9-12-24-22)23(29)25-11-5-13-26-16-18-32-19-17-26/h1-3,7-8,20H,4-6,9-19H2,(H,24,28)(H,25,29). The summed E-state index contributed by atoms with van der Waals surface area (Å²) in [6, 6.07) is 8.27. The number of carbonyl (C=O) groups is 2. The van der Waals surface area contributed by atoms with Crippen LogP contribution in [0.1, 0.15) is 32.1 Å². The van der Waals surface area contributed by atoms with Crippen molar-refractivity contribution in [2.75, 3.05) is 59.0 Å². The quantitative estimate of drug-likeness (QED) is 0.560. The molecular formula is C23H36N4O5S. The van der Waals surface area contributed by atoms with E-state index in [-0.39, 0.29) is 42.1 Å². The molecule has 1 aromatic rings. The van der Waals surface area contributed by atoms with Crippen LogP contribution in [0.3, 0.4) is 0 Å². The summed E-state index contributed by atoms with van der Waals surface area (Å²) in [6.45, 7) is 5.73. The largest absolute Gasteiger partial charge is 0.379 e. The van der Waals surface area contributed by atoms with E-state index < -0.39 is 10.0 Å². The van der Waals surface area contributed by atoms with E-state index in [0.29, 0.717) is 32.4 Å². The third-order valence-electron chi connectivity index (χ3n) is 6.17. The number of benzene rings is 1. The van der Waals surface area contributed by atoms with Gasteiger partial charge in [-0.1, -0.05) is 18.2 Å². The maximum atomic E-state index is 13.1. The first-order valence-corrected chi connectivity index (χ1v) is 13.3. The van der Waals surface area contributed by atoms with Crippen LogP contribution in [-0.4, -0.2) is 88.5 Å². The minimum atomic E-state index is -3.69. The monoisotopic (exact) mass is 480 g/mol. The normalized spacial score (nSPS) is 22.2. The third kappa shape index (κ3) is 8.06. The van der Waals surface area contributed by atoms with Crippen LogP contribution in [0.25, 0.3) is 0 Å². The van der Waals surface area contributed by atoms with Crippen molar-refractivity contribution < 1.29 is 22.7 Å². The lowest BCUT2D eigenvalue weighted by molar-refractivity contribution is -0.126. The SMILES string of the molecule is O=C1CCN(S(=O)(=O)c2ccccc2)CCCC(C(=O)NCCCN2CCOCC2)CCN1. The fraction of sp³-hybridized carbons (Fsp3) is 0.652. The average Bonchev–Trinajstić information content (AvgIpc) is 2.87. The zero-order chi connectivity index (χ0) is 23.5. The van der Waals surface area contributed by atoms with Gasteiger partial charge in [0.1, 0.15) is 0 Å². The lowest BCUT2D eigenvalue weighted by Crippen LogP contribution is -2.39. The van der Waals surface area contributed by atoms with Gasteiger partial charge in [-0.2, -0.15) is 4.31 Å². The molecule has 2 fully saturated rings. The van der Waals surface area contributed by atoms with Crippen LogP contribution in [0.4, 0.5) is 0 Å². The van der Waals surface area contributed by atoms with Crippen LogP contribution in [0.2, 0.25) is 0 Å². The number of hydrogen-bond acceptors (Lipinski definition) is 6. The van der Waals surface area contributed by atoms with Gasteiger partial charge in [-0.15, -0.1) is 0 Å². The number of hydrogen-bond donors (Lipinski definition) is 2. The Morgan fingerprint density at radius 1 is 1.09 bits per heavy atom. The molecule has 2 aliphatic heterocycles. The van der Waals surface area contributed by atoms with Gasteiger partial charge in [0, 0.05) is 51.6 Å². The molecule has 2 amide bonds. The highest BCUT2D eigenvalue weighted by molar-refractivity contribution is 7.89. The van der Waals surface area contributed by atoms with Gasteiger partial charge < -0.3 is 15.4 Å². The molecular weight excluding hydrogens is 444 g/mol. The van der Waals surface area contributed by atoms with Crippen molar-refractivity contribution in [3.63, 3.8) is 0 Å². The maximum absolute atomic E-state index is 13.1. The summed E-state index contributed by atoms with van der Waals surface area (Å²) >= 11 is 0. The van der Waals surface area contributed by atoms with Gasteiger partial charge in [0.25, 0.3) is 0 Å². The first-order valence-electron chi connectivity index (χ1n) is 11.9. The maximum Gasteiger partial charge on any atom is 0.243 e. The minimum absolute atomic E-state index is 0.0251. The number of carbonyl (C=O) groups excluding carboxylic acids is 2. The molecule has 0 spiro atoms. The highest BCUT2D eigenvalue weighted by Crippen LogP contribution is 2.19. The van der Waals surface area contributed by atoms with Crippen molar-refractivity contribution in [1.29, 1.82) is 0 Å². The molecule has 0 radical (unpaired) electrons. The highest BCUT2D eigenvalue weighted by atomic mass is 32.2. The molecule has 2 saturated heterocycles. The number of sulfonamides is 1. The van der Waals surface area contributed by atoms with Gasteiger partial charge in [0.05, 0.1) is 18.1 Å². The number of nitrogens with zero attached hydrogens (tertiary/aromatic N) is 2. The predicted octanol–water partition coefficient (Wildman–Crippen LogP) is 0.822. The molecule has 2 aliphatic rings. The zero-order valence-electron chi connectivity index (χ0n) is 19.2. The second kappa shape index (κ2) is 13.0. The summed E-state index contributed by atoms with van der Waals surface area (Å²) in [4.78, 5) is 27.6. The number of morpholine rings is 1. The molecule has 33 heavy (non-hydrogen) atoms. The summed E-state index contributed by atoms with van der Waals surface area (Å²) in [5.74, 6) is -0.481. The minimum Gasteiger partial charge on any atom is -0.379 e. The number of nitrogens with one attached hydrogen (secondary N) is 2. The van der Waals surface area contributed by atoms with Gasteiger partial charge in [-0.05, 0) is 44.4 Å². The molecule has 0 saturated carbocycles. The second-order valence-electron chi connectivity index (χ2n) is 8.54. The van der Waals surface area contributed by atoms with E-state index in [4.69, 9.17) is 4.74 Å². The van der Waals surface area contributed by atoms with E-state index in [1.807, 2.05) is 0 Å². The molecule has 1 unspecified atom stereocenters. The van der Waals surface area contributed by atoms with E-state index in [1.54, 1.807) is 30.3 Å². The molecule has 2 N–H and O–H groups in total. The fourth-order valence-electron chi connectivity index (χ4n) is 4.20. The van der Waals surface area contributed by atoms with Gasteiger partial charge >= 0.3 is 0 Å². The summed E-state index contributed by atoms with van der Waals surface area (Å²) < 4.78 is 32.9. The van der Waals surface area contributed by atoms with Crippen molar-refractivity contribution in [3.05, 3.63) is 30.3 Å². The summed E-state index contributed by atoms with van der Waals surface area (Å²) in [7, 11) is -3.69. The Labute approximate surface area is 196 Å². The average molecular weight is 481 g/mol. The van der Waals surface area contributed by atoms with Crippen molar-refractivity contribution in [3.8, 4) is 0 Å². The van der Waals surface area contributed by atoms with Crippen LogP contribution in [0, 0.1) is 5.92 Å². The molecule has 3 rings (SSSR count). The van der Waals surface area contributed by atoms with E-state index in [9.17, 15) is 18.0 Å². The van der Waals surface area contributed by atoms with E-state index >= 15 is 0 Å². The summed E-state index contributed by atoms with van der Waals surface area (Å²) in [5, 5.41) is 5.86. The molecule has 2 heterocycles. The molecule has 0 bridgehead atoms. The topological polar surface area (TPSA) is 108 Å². The molecule has 10 heteroatoms. The Bertz CT molecular complexity index is 859. The fourth-order valence-corrected chi connectivity index (χ4v) is 5.70. The van der Waals surface area contributed by atoms with Crippen LogP contribution >= 0.6 is 0 Å². The van der Waals surface area contributed by atoms with Gasteiger partial charge in [0.2, 0.25) is 21.8 Å². The molecule has 1 atom stereocenters. The number of ether oxygens (including phenoxy) is 1. The first kappa shape index (κ1) is 25.6. The summed E-state index contributed by atoms with van der Waals surface area (Å²) in [5.41, 5.74) is 0. The Morgan fingerprint density at radius 3 is 2.61 bits per heavy atom. The van der Waals surface area contributed by atoms with E-state index in [2.05, 4.69) is 15.5 Å². The lowest BCUT2D eigenvalue weighted by Gasteiger charge is -2.26.